The molecule has 1 unspecified atom stereocenters. The summed E-state index contributed by atoms with van der Waals surface area (Å²) < 4.78 is 0. The molecule has 0 aliphatic rings. The monoisotopic (exact) mass is 278 g/mol. The Kier molecular flexibility index (Phi) is 5.71. The van der Waals surface area contributed by atoms with E-state index in [0.717, 1.165) is 10.6 Å². The van der Waals surface area contributed by atoms with Gasteiger partial charge in [0.1, 0.15) is 12.1 Å². The molecule has 0 aromatic heterocycles. The highest BCUT2D eigenvalue weighted by atomic mass is 32.2. The summed E-state index contributed by atoms with van der Waals surface area (Å²) >= 11 is 1.59. The Labute approximate surface area is 118 Å². The van der Waals surface area contributed by atoms with Crippen molar-refractivity contribution >= 4 is 23.4 Å². The van der Waals surface area contributed by atoms with Gasteiger partial charge >= 0.3 is 5.97 Å². The van der Waals surface area contributed by atoms with Crippen LogP contribution in [-0.2, 0) is 4.79 Å². The number of nitrogens with zero attached hydrogens (tertiary/aromatic N) is 2. The molecule has 0 aliphatic heterocycles. The maximum atomic E-state index is 11.2. The van der Waals surface area contributed by atoms with Gasteiger partial charge in [0.25, 0.3) is 0 Å². The van der Waals surface area contributed by atoms with Gasteiger partial charge in [-0.3, -0.25) is 0 Å². The van der Waals surface area contributed by atoms with Crippen molar-refractivity contribution in [2.45, 2.75) is 31.2 Å². The second-order valence-corrected chi connectivity index (χ2v) is 5.37. The number of carboxylic acids is 1. The third-order valence-corrected chi connectivity index (χ3v) is 3.88. The van der Waals surface area contributed by atoms with Crippen LogP contribution in [0.25, 0.3) is 0 Å². The smallest absolute Gasteiger partial charge is 0.326 e. The van der Waals surface area contributed by atoms with E-state index in [1.807, 2.05) is 26.0 Å². The summed E-state index contributed by atoms with van der Waals surface area (Å²) in [4.78, 5) is 13.8. The molecule has 0 spiro atoms. The van der Waals surface area contributed by atoms with E-state index < -0.39 is 12.0 Å². The third kappa shape index (κ3) is 3.42. The van der Waals surface area contributed by atoms with Crippen molar-refractivity contribution < 1.29 is 9.90 Å². The summed E-state index contributed by atoms with van der Waals surface area (Å²) in [5.41, 5.74) is 1.23. The number of hydrogen-bond donors (Lipinski definition) is 1. The molecular formula is C14H18N2O2S. The topological polar surface area (TPSA) is 64.3 Å². The number of anilines is 1. The van der Waals surface area contributed by atoms with Crippen molar-refractivity contribution in [3.8, 4) is 6.07 Å². The zero-order valence-electron chi connectivity index (χ0n) is 11.4. The average molecular weight is 278 g/mol. The molecule has 5 heteroatoms. The molecule has 0 heterocycles. The second-order valence-electron chi connectivity index (χ2n) is 4.07. The number of rotatable bonds is 6. The number of aliphatic carboxylic acids is 1. The average Bonchev–Trinajstić information content (AvgIpc) is 2.39. The van der Waals surface area contributed by atoms with Crippen molar-refractivity contribution in [1.82, 2.24) is 0 Å². The van der Waals surface area contributed by atoms with Crippen LogP contribution in [-0.4, -0.2) is 29.9 Å². The Hall–Kier alpha value is -1.67. The van der Waals surface area contributed by atoms with Crippen LogP contribution in [0.3, 0.4) is 0 Å². The Morgan fingerprint density at radius 2 is 2.21 bits per heavy atom. The Morgan fingerprint density at radius 1 is 1.53 bits per heavy atom. The number of thioether (sulfide) groups is 1. The first-order valence-corrected chi connectivity index (χ1v) is 7.16. The summed E-state index contributed by atoms with van der Waals surface area (Å²) in [6.45, 7) is 3.85. The largest absolute Gasteiger partial charge is 0.480 e. The molecule has 19 heavy (non-hydrogen) atoms. The predicted octanol–water partition coefficient (Wildman–Crippen LogP) is 2.97. The zero-order valence-corrected chi connectivity index (χ0v) is 12.2. The maximum Gasteiger partial charge on any atom is 0.326 e. The molecular weight excluding hydrogens is 260 g/mol. The first-order valence-electron chi connectivity index (χ1n) is 6.18. The van der Waals surface area contributed by atoms with Gasteiger partial charge in [-0.25, -0.2) is 4.79 Å². The summed E-state index contributed by atoms with van der Waals surface area (Å²) in [6.07, 6.45) is 0.488. The molecule has 0 saturated carbocycles. The van der Waals surface area contributed by atoms with Crippen LogP contribution in [0.15, 0.2) is 23.1 Å². The van der Waals surface area contributed by atoms with Gasteiger partial charge in [0.2, 0.25) is 0 Å². The number of carboxylic acid groups (broad SMARTS) is 1. The predicted molar refractivity (Wildman–Crippen MR) is 77.7 cm³/mol. The van der Waals surface area contributed by atoms with Gasteiger partial charge in [-0.2, -0.15) is 5.26 Å². The molecule has 1 atom stereocenters. The highest BCUT2D eigenvalue weighted by molar-refractivity contribution is 7.99. The lowest BCUT2D eigenvalue weighted by atomic mass is 10.1. The summed E-state index contributed by atoms with van der Waals surface area (Å²) in [5, 5.41) is 18.5. The van der Waals surface area contributed by atoms with Crippen LogP contribution < -0.4 is 4.90 Å². The SMILES string of the molecule is CCSc1cccc(N(C)C(CC)C(=O)O)c1C#N. The normalized spacial score (nSPS) is 11.7. The molecule has 0 amide bonds. The van der Waals surface area contributed by atoms with Crippen LogP contribution in [0.5, 0.6) is 0 Å². The van der Waals surface area contributed by atoms with Gasteiger partial charge in [0.05, 0.1) is 11.3 Å². The summed E-state index contributed by atoms with van der Waals surface area (Å²) in [6, 6.07) is 7.13. The number of likely N-dealkylation sites (N-methyl/N-ethyl adjacent to an activating group) is 1. The number of carbonyl (C=O) groups is 1. The van der Waals surface area contributed by atoms with E-state index in [1.165, 1.54) is 0 Å². The molecule has 0 bridgehead atoms. The Balaban J connectivity index is 3.23. The highest BCUT2D eigenvalue weighted by Crippen LogP contribution is 2.30. The molecule has 1 N–H and O–H groups in total. The van der Waals surface area contributed by atoms with Crippen molar-refractivity contribution in [2.75, 3.05) is 17.7 Å². The van der Waals surface area contributed by atoms with E-state index in [0.29, 0.717) is 17.7 Å². The van der Waals surface area contributed by atoms with Gasteiger partial charge in [0, 0.05) is 11.9 Å². The van der Waals surface area contributed by atoms with Crippen molar-refractivity contribution in [3.63, 3.8) is 0 Å². The van der Waals surface area contributed by atoms with Crippen LogP contribution in [0.4, 0.5) is 5.69 Å². The molecule has 1 aromatic rings. The van der Waals surface area contributed by atoms with E-state index in [2.05, 4.69) is 6.07 Å². The first kappa shape index (κ1) is 15.4. The van der Waals surface area contributed by atoms with Crippen molar-refractivity contribution in [1.29, 1.82) is 5.26 Å². The lowest BCUT2D eigenvalue weighted by Crippen LogP contribution is -2.38. The lowest BCUT2D eigenvalue weighted by molar-refractivity contribution is -0.138. The van der Waals surface area contributed by atoms with E-state index >= 15 is 0 Å². The Morgan fingerprint density at radius 3 is 2.68 bits per heavy atom. The fraction of sp³-hybridized carbons (Fsp3) is 0.429. The van der Waals surface area contributed by atoms with Gasteiger partial charge in [-0.1, -0.05) is 19.9 Å². The summed E-state index contributed by atoms with van der Waals surface area (Å²) in [5.74, 6) is 0.000257. The molecule has 0 fully saturated rings. The molecule has 4 nitrogen and oxygen atoms in total. The molecule has 0 saturated heterocycles. The standard InChI is InChI=1S/C14H18N2O2S/c1-4-11(14(17)18)16(3)12-7-6-8-13(19-5-2)10(12)9-15/h6-8,11H,4-5H2,1-3H3,(H,17,18). The van der Waals surface area contributed by atoms with Crippen molar-refractivity contribution in [2.24, 2.45) is 0 Å². The quantitative estimate of drug-likeness (QED) is 0.810. The molecule has 0 aliphatic carbocycles. The van der Waals surface area contributed by atoms with Crippen LogP contribution in [0, 0.1) is 11.3 Å². The maximum absolute atomic E-state index is 11.2. The van der Waals surface area contributed by atoms with Crippen LogP contribution >= 0.6 is 11.8 Å². The summed E-state index contributed by atoms with van der Waals surface area (Å²) in [7, 11) is 1.72. The zero-order chi connectivity index (χ0) is 14.4. The van der Waals surface area contributed by atoms with Crippen molar-refractivity contribution in [3.05, 3.63) is 23.8 Å². The van der Waals surface area contributed by atoms with E-state index in [1.54, 1.807) is 29.8 Å². The molecule has 102 valence electrons. The van der Waals surface area contributed by atoms with Crippen LogP contribution in [0.2, 0.25) is 0 Å². The Bertz CT molecular complexity index is 497. The number of benzene rings is 1. The van der Waals surface area contributed by atoms with E-state index in [4.69, 9.17) is 0 Å². The number of hydrogen-bond acceptors (Lipinski definition) is 4. The van der Waals surface area contributed by atoms with Gasteiger partial charge in [-0.05, 0) is 24.3 Å². The lowest BCUT2D eigenvalue weighted by Gasteiger charge is -2.27. The van der Waals surface area contributed by atoms with Gasteiger partial charge in [0.15, 0.2) is 0 Å². The van der Waals surface area contributed by atoms with Crippen LogP contribution in [0.1, 0.15) is 25.8 Å². The first-order chi connectivity index (χ1) is 9.06. The molecule has 0 radical (unpaired) electrons. The number of nitriles is 1. The minimum Gasteiger partial charge on any atom is -0.480 e. The highest BCUT2D eigenvalue weighted by Gasteiger charge is 2.23. The van der Waals surface area contributed by atoms with Gasteiger partial charge < -0.3 is 10.0 Å². The fourth-order valence-corrected chi connectivity index (χ4v) is 2.76. The van der Waals surface area contributed by atoms with Gasteiger partial charge in [-0.15, -0.1) is 11.8 Å². The minimum atomic E-state index is -0.873. The molecule has 1 aromatic carbocycles. The van der Waals surface area contributed by atoms with E-state index in [-0.39, 0.29) is 0 Å². The minimum absolute atomic E-state index is 0.488. The third-order valence-electron chi connectivity index (χ3n) is 2.94. The molecule has 1 rings (SSSR count). The second kappa shape index (κ2) is 7.05. The fourth-order valence-electron chi connectivity index (χ4n) is 1.98. The van der Waals surface area contributed by atoms with E-state index in [9.17, 15) is 15.2 Å².